The van der Waals surface area contributed by atoms with Crippen LogP contribution < -0.4 is 4.74 Å². The summed E-state index contributed by atoms with van der Waals surface area (Å²) >= 11 is 1.08. The Labute approximate surface area is 80.3 Å². The van der Waals surface area contributed by atoms with E-state index in [1.807, 2.05) is 6.92 Å². The molecule has 0 aromatic carbocycles. The second kappa shape index (κ2) is 5.11. The topological polar surface area (TPSA) is 75.5 Å². The summed E-state index contributed by atoms with van der Waals surface area (Å²) in [5.41, 5.74) is 0.787. The third-order valence-electron chi connectivity index (χ3n) is 1.48. The van der Waals surface area contributed by atoms with Gasteiger partial charge < -0.3 is 14.9 Å². The minimum absolute atomic E-state index is 0.0505. The highest BCUT2D eigenvalue weighted by molar-refractivity contribution is 6.99. The summed E-state index contributed by atoms with van der Waals surface area (Å²) in [5, 5.41) is 17.5. The lowest BCUT2D eigenvalue weighted by atomic mass is 10.3. The Kier molecular flexibility index (Phi) is 4.07. The van der Waals surface area contributed by atoms with E-state index in [-0.39, 0.29) is 13.2 Å². The van der Waals surface area contributed by atoms with Gasteiger partial charge in [0.15, 0.2) is 0 Å². The van der Waals surface area contributed by atoms with Crippen molar-refractivity contribution in [2.75, 3.05) is 13.2 Å². The molecule has 0 amide bonds. The lowest BCUT2D eigenvalue weighted by Gasteiger charge is -2.07. The van der Waals surface area contributed by atoms with E-state index in [9.17, 15) is 0 Å². The fourth-order valence-corrected chi connectivity index (χ4v) is 1.33. The highest BCUT2D eigenvalue weighted by Gasteiger charge is 2.09. The van der Waals surface area contributed by atoms with Crippen LogP contribution in [0.15, 0.2) is 0 Å². The Morgan fingerprint density at radius 1 is 1.54 bits per heavy atom. The van der Waals surface area contributed by atoms with Crippen LogP contribution in [0.5, 0.6) is 5.88 Å². The van der Waals surface area contributed by atoms with Crippen LogP contribution in [-0.2, 0) is 6.42 Å². The Hall–Kier alpha value is -0.720. The molecule has 0 spiro atoms. The van der Waals surface area contributed by atoms with Crippen molar-refractivity contribution < 1.29 is 14.9 Å². The van der Waals surface area contributed by atoms with E-state index in [4.69, 9.17) is 14.9 Å². The molecule has 1 rings (SSSR count). The molecule has 6 heteroatoms. The summed E-state index contributed by atoms with van der Waals surface area (Å²) < 4.78 is 13.1. The van der Waals surface area contributed by atoms with Crippen molar-refractivity contribution in [1.82, 2.24) is 8.75 Å². The fraction of sp³-hybridized carbons (Fsp3) is 0.714. The van der Waals surface area contributed by atoms with E-state index >= 15 is 0 Å². The standard InChI is InChI=1S/C7H12N2O3S/c1-2-6-7(9-13-8-6)12-4-5(11)3-10/h5,10-11H,2-4H2,1H3. The molecule has 5 nitrogen and oxygen atoms in total. The van der Waals surface area contributed by atoms with Gasteiger partial charge >= 0.3 is 0 Å². The highest BCUT2D eigenvalue weighted by atomic mass is 32.1. The third-order valence-corrected chi connectivity index (χ3v) is 2.03. The molecule has 0 fully saturated rings. The lowest BCUT2D eigenvalue weighted by molar-refractivity contribution is 0.0520. The molecule has 0 saturated heterocycles. The van der Waals surface area contributed by atoms with E-state index < -0.39 is 6.10 Å². The number of aliphatic hydroxyl groups is 2. The van der Waals surface area contributed by atoms with Gasteiger partial charge in [-0.2, -0.15) is 4.37 Å². The maximum Gasteiger partial charge on any atom is 0.249 e. The normalized spacial score (nSPS) is 12.8. The average molecular weight is 204 g/mol. The van der Waals surface area contributed by atoms with Crippen molar-refractivity contribution >= 4 is 11.7 Å². The zero-order valence-electron chi connectivity index (χ0n) is 7.30. The number of aryl methyl sites for hydroxylation is 1. The predicted molar refractivity (Wildman–Crippen MR) is 47.9 cm³/mol. The van der Waals surface area contributed by atoms with Gasteiger partial charge in [-0.05, 0) is 6.42 Å². The molecule has 0 saturated carbocycles. The number of rotatable bonds is 5. The van der Waals surface area contributed by atoms with Crippen LogP contribution in [0.25, 0.3) is 0 Å². The smallest absolute Gasteiger partial charge is 0.249 e. The van der Waals surface area contributed by atoms with Crippen LogP contribution in [0.2, 0.25) is 0 Å². The van der Waals surface area contributed by atoms with Gasteiger partial charge in [-0.15, -0.1) is 4.37 Å². The average Bonchev–Trinajstić information content (AvgIpc) is 2.61. The number of ether oxygens (including phenoxy) is 1. The van der Waals surface area contributed by atoms with E-state index in [1.54, 1.807) is 0 Å². The molecule has 0 bridgehead atoms. The van der Waals surface area contributed by atoms with E-state index in [0.29, 0.717) is 5.88 Å². The first kappa shape index (κ1) is 10.4. The van der Waals surface area contributed by atoms with Crippen molar-refractivity contribution in [3.63, 3.8) is 0 Å². The van der Waals surface area contributed by atoms with Gasteiger partial charge in [0.2, 0.25) is 5.88 Å². The number of hydrogen-bond acceptors (Lipinski definition) is 6. The second-order valence-corrected chi connectivity index (χ2v) is 3.05. The number of aromatic nitrogens is 2. The summed E-state index contributed by atoms with van der Waals surface area (Å²) in [5.74, 6) is 0.458. The molecular formula is C7H12N2O3S. The largest absolute Gasteiger partial charge is 0.473 e. The van der Waals surface area contributed by atoms with Gasteiger partial charge in [-0.25, -0.2) is 0 Å². The van der Waals surface area contributed by atoms with Crippen molar-refractivity contribution in [3.05, 3.63) is 5.69 Å². The third kappa shape index (κ3) is 2.91. The van der Waals surface area contributed by atoms with Crippen LogP contribution in [0.3, 0.4) is 0 Å². The Morgan fingerprint density at radius 3 is 2.92 bits per heavy atom. The maximum absolute atomic E-state index is 9.00. The molecule has 0 aliphatic heterocycles. The van der Waals surface area contributed by atoms with Crippen molar-refractivity contribution in [1.29, 1.82) is 0 Å². The van der Waals surface area contributed by atoms with Gasteiger partial charge in [-0.3, -0.25) is 0 Å². The molecule has 0 aliphatic rings. The molecule has 2 N–H and O–H groups in total. The number of hydrogen-bond donors (Lipinski definition) is 2. The van der Waals surface area contributed by atoms with Gasteiger partial charge in [0.05, 0.1) is 18.3 Å². The quantitative estimate of drug-likeness (QED) is 0.696. The summed E-state index contributed by atoms with van der Waals surface area (Å²) in [6.07, 6.45) is -0.104. The van der Waals surface area contributed by atoms with Crippen LogP contribution >= 0.6 is 11.7 Å². The molecule has 74 valence electrons. The van der Waals surface area contributed by atoms with E-state index in [2.05, 4.69) is 8.75 Å². The molecule has 0 radical (unpaired) electrons. The zero-order chi connectivity index (χ0) is 9.68. The van der Waals surface area contributed by atoms with Gasteiger partial charge in [0.25, 0.3) is 0 Å². The van der Waals surface area contributed by atoms with Gasteiger partial charge in [0, 0.05) is 0 Å². The maximum atomic E-state index is 9.00. The SMILES string of the molecule is CCc1nsnc1OCC(O)CO. The van der Waals surface area contributed by atoms with Crippen molar-refractivity contribution in [3.8, 4) is 5.88 Å². The van der Waals surface area contributed by atoms with Crippen LogP contribution in [0.4, 0.5) is 0 Å². The van der Waals surface area contributed by atoms with Crippen molar-refractivity contribution in [2.24, 2.45) is 0 Å². The minimum atomic E-state index is -0.855. The fourth-order valence-electron chi connectivity index (χ4n) is 0.752. The molecule has 1 aromatic heterocycles. The molecule has 1 atom stereocenters. The van der Waals surface area contributed by atoms with Gasteiger partial charge in [0.1, 0.15) is 18.4 Å². The van der Waals surface area contributed by atoms with E-state index in [1.165, 1.54) is 0 Å². The monoisotopic (exact) mass is 204 g/mol. The molecular weight excluding hydrogens is 192 g/mol. The summed E-state index contributed by atoms with van der Waals surface area (Å²) in [6, 6.07) is 0. The van der Waals surface area contributed by atoms with Crippen LogP contribution in [-0.4, -0.2) is 38.3 Å². The van der Waals surface area contributed by atoms with Crippen LogP contribution in [0, 0.1) is 0 Å². The first-order valence-electron chi connectivity index (χ1n) is 4.01. The minimum Gasteiger partial charge on any atom is -0.473 e. The summed E-state index contributed by atoms with van der Waals surface area (Å²) in [7, 11) is 0. The summed E-state index contributed by atoms with van der Waals surface area (Å²) in [6.45, 7) is 1.69. The molecule has 1 heterocycles. The zero-order valence-corrected chi connectivity index (χ0v) is 8.12. The Bertz CT molecular complexity index is 254. The van der Waals surface area contributed by atoms with Crippen LogP contribution in [0.1, 0.15) is 12.6 Å². The second-order valence-electron chi connectivity index (χ2n) is 2.52. The molecule has 1 unspecified atom stereocenters. The first-order valence-corrected chi connectivity index (χ1v) is 4.74. The first-order chi connectivity index (χ1) is 6.27. The Morgan fingerprint density at radius 2 is 2.31 bits per heavy atom. The van der Waals surface area contributed by atoms with E-state index in [0.717, 1.165) is 23.8 Å². The number of aliphatic hydroxyl groups excluding tert-OH is 2. The summed E-state index contributed by atoms with van der Waals surface area (Å²) in [4.78, 5) is 0. The van der Waals surface area contributed by atoms with Crippen molar-refractivity contribution in [2.45, 2.75) is 19.4 Å². The molecule has 1 aromatic rings. The van der Waals surface area contributed by atoms with Gasteiger partial charge in [-0.1, -0.05) is 6.92 Å². The molecule has 0 aliphatic carbocycles. The lowest BCUT2D eigenvalue weighted by Crippen LogP contribution is -2.21. The number of nitrogens with zero attached hydrogens (tertiary/aromatic N) is 2. The predicted octanol–water partition coefficient (Wildman–Crippen LogP) is -0.167. The molecule has 13 heavy (non-hydrogen) atoms. The highest BCUT2D eigenvalue weighted by Crippen LogP contribution is 2.15. The Balaban J connectivity index is 2.44.